The van der Waals surface area contributed by atoms with Crippen LogP contribution in [0.4, 0.5) is 0 Å². The molecular formula is C22H25BrCl2N2O2. The number of halogens is 3. The van der Waals surface area contributed by atoms with Crippen LogP contribution in [0, 0.1) is 5.92 Å². The molecule has 0 aliphatic rings. The van der Waals surface area contributed by atoms with Crippen LogP contribution in [0.1, 0.15) is 31.9 Å². The molecule has 0 aliphatic heterocycles. The number of amides is 2. The molecule has 156 valence electrons. The number of carbonyl (C=O) groups is 2. The zero-order valence-electron chi connectivity index (χ0n) is 16.7. The van der Waals surface area contributed by atoms with E-state index in [0.29, 0.717) is 29.1 Å². The molecule has 0 aliphatic carbocycles. The minimum absolute atomic E-state index is 0.134. The lowest BCUT2D eigenvalue weighted by atomic mass is 10.1. The summed E-state index contributed by atoms with van der Waals surface area (Å²) in [5.74, 6) is 0.00906. The summed E-state index contributed by atoms with van der Waals surface area (Å²) < 4.78 is 0.956. The second kappa shape index (κ2) is 11.0. The first-order valence-electron chi connectivity index (χ1n) is 9.43. The van der Waals surface area contributed by atoms with Gasteiger partial charge < -0.3 is 10.2 Å². The Kier molecular flexibility index (Phi) is 9.00. The minimum atomic E-state index is -0.604. The maximum atomic E-state index is 13.1. The molecule has 0 bridgehead atoms. The number of hydrogen-bond donors (Lipinski definition) is 1. The third kappa shape index (κ3) is 7.32. The van der Waals surface area contributed by atoms with E-state index < -0.39 is 6.04 Å². The molecule has 1 unspecified atom stereocenters. The molecule has 2 aromatic carbocycles. The smallest absolute Gasteiger partial charge is 0.242 e. The molecule has 0 radical (unpaired) electrons. The van der Waals surface area contributed by atoms with E-state index in [1.165, 1.54) is 0 Å². The van der Waals surface area contributed by atoms with Gasteiger partial charge in [0.25, 0.3) is 0 Å². The molecule has 0 aromatic heterocycles. The number of carbonyl (C=O) groups excluding carboxylic acids is 2. The Morgan fingerprint density at radius 3 is 2.21 bits per heavy atom. The quantitative estimate of drug-likeness (QED) is 0.522. The van der Waals surface area contributed by atoms with E-state index in [-0.39, 0.29) is 18.2 Å². The summed E-state index contributed by atoms with van der Waals surface area (Å²) in [7, 11) is 0. The second-order valence-electron chi connectivity index (χ2n) is 7.39. The molecule has 1 atom stereocenters. The van der Waals surface area contributed by atoms with E-state index in [9.17, 15) is 9.59 Å². The van der Waals surface area contributed by atoms with Crippen LogP contribution in [0.5, 0.6) is 0 Å². The van der Waals surface area contributed by atoms with Crippen molar-refractivity contribution >= 4 is 50.9 Å². The van der Waals surface area contributed by atoms with Gasteiger partial charge in [-0.15, -0.1) is 0 Å². The SMILES string of the molecule is CC(C)CNC(=O)C(C)N(Cc1ccc(Br)cc1)C(=O)Cc1ccc(Cl)c(Cl)c1. The molecule has 0 saturated heterocycles. The van der Waals surface area contributed by atoms with E-state index in [0.717, 1.165) is 15.6 Å². The fourth-order valence-electron chi connectivity index (χ4n) is 2.75. The normalized spacial score (nSPS) is 12.0. The van der Waals surface area contributed by atoms with Crippen molar-refractivity contribution < 1.29 is 9.59 Å². The van der Waals surface area contributed by atoms with Crippen molar-refractivity contribution in [2.75, 3.05) is 6.54 Å². The van der Waals surface area contributed by atoms with Gasteiger partial charge in [0.1, 0.15) is 6.04 Å². The van der Waals surface area contributed by atoms with E-state index in [1.54, 1.807) is 30.0 Å². The molecule has 1 N–H and O–H groups in total. The zero-order chi connectivity index (χ0) is 21.6. The van der Waals surface area contributed by atoms with E-state index >= 15 is 0 Å². The monoisotopic (exact) mass is 498 g/mol. The summed E-state index contributed by atoms with van der Waals surface area (Å²) in [6.45, 7) is 6.71. The molecule has 2 amide bonds. The molecule has 2 aromatic rings. The fraction of sp³-hybridized carbons (Fsp3) is 0.364. The van der Waals surface area contributed by atoms with Gasteiger partial charge in [0, 0.05) is 17.6 Å². The van der Waals surface area contributed by atoms with Gasteiger partial charge in [-0.25, -0.2) is 0 Å². The largest absolute Gasteiger partial charge is 0.354 e. The lowest BCUT2D eigenvalue weighted by Crippen LogP contribution is -2.48. The topological polar surface area (TPSA) is 49.4 Å². The van der Waals surface area contributed by atoms with E-state index in [1.807, 2.05) is 38.1 Å². The van der Waals surface area contributed by atoms with Crippen molar-refractivity contribution in [2.24, 2.45) is 5.92 Å². The molecular weight excluding hydrogens is 475 g/mol. The second-order valence-corrected chi connectivity index (χ2v) is 9.12. The fourth-order valence-corrected chi connectivity index (χ4v) is 3.33. The molecule has 4 nitrogen and oxygen atoms in total. The number of nitrogens with one attached hydrogen (secondary N) is 1. The third-order valence-corrected chi connectivity index (χ3v) is 5.73. The summed E-state index contributed by atoms with van der Waals surface area (Å²) in [4.78, 5) is 27.4. The van der Waals surface area contributed by atoms with Gasteiger partial charge in [0.2, 0.25) is 11.8 Å². The summed E-state index contributed by atoms with van der Waals surface area (Å²) in [5.41, 5.74) is 1.69. The number of nitrogens with zero attached hydrogens (tertiary/aromatic N) is 1. The highest BCUT2D eigenvalue weighted by atomic mass is 79.9. The molecule has 0 spiro atoms. The summed E-state index contributed by atoms with van der Waals surface area (Å²) in [6.07, 6.45) is 0.134. The Hall–Kier alpha value is -1.56. The number of benzene rings is 2. The predicted octanol–water partition coefficient (Wildman–Crippen LogP) is 5.49. The lowest BCUT2D eigenvalue weighted by Gasteiger charge is -2.29. The average molecular weight is 500 g/mol. The van der Waals surface area contributed by atoms with Crippen molar-refractivity contribution in [2.45, 2.75) is 39.8 Å². The minimum Gasteiger partial charge on any atom is -0.354 e. The van der Waals surface area contributed by atoms with Crippen LogP contribution in [0.15, 0.2) is 46.9 Å². The first-order valence-corrected chi connectivity index (χ1v) is 11.0. The first kappa shape index (κ1) is 23.7. The maximum Gasteiger partial charge on any atom is 0.242 e. The average Bonchev–Trinajstić information content (AvgIpc) is 2.67. The van der Waals surface area contributed by atoms with Gasteiger partial charge in [0.15, 0.2) is 0 Å². The third-order valence-electron chi connectivity index (χ3n) is 4.46. The Morgan fingerprint density at radius 1 is 1.00 bits per heavy atom. The first-order chi connectivity index (χ1) is 13.7. The molecule has 29 heavy (non-hydrogen) atoms. The van der Waals surface area contributed by atoms with Crippen molar-refractivity contribution in [3.05, 3.63) is 68.1 Å². The molecule has 0 fully saturated rings. The molecule has 7 heteroatoms. The van der Waals surface area contributed by atoms with Crippen molar-refractivity contribution in [3.8, 4) is 0 Å². The molecule has 0 heterocycles. The van der Waals surface area contributed by atoms with Crippen LogP contribution in [0.2, 0.25) is 10.0 Å². The van der Waals surface area contributed by atoms with Crippen LogP contribution in [0.3, 0.4) is 0 Å². The van der Waals surface area contributed by atoms with E-state index in [4.69, 9.17) is 23.2 Å². The van der Waals surface area contributed by atoms with E-state index in [2.05, 4.69) is 21.2 Å². The van der Waals surface area contributed by atoms with Gasteiger partial charge in [-0.2, -0.15) is 0 Å². The number of hydrogen-bond acceptors (Lipinski definition) is 2. The van der Waals surface area contributed by atoms with Crippen LogP contribution in [-0.4, -0.2) is 29.3 Å². The predicted molar refractivity (Wildman–Crippen MR) is 122 cm³/mol. The van der Waals surface area contributed by atoms with Crippen molar-refractivity contribution in [1.82, 2.24) is 10.2 Å². The highest BCUT2D eigenvalue weighted by Gasteiger charge is 2.26. The lowest BCUT2D eigenvalue weighted by molar-refractivity contribution is -0.140. The highest BCUT2D eigenvalue weighted by molar-refractivity contribution is 9.10. The zero-order valence-corrected chi connectivity index (χ0v) is 19.8. The van der Waals surface area contributed by atoms with Gasteiger partial charge >= 0.3 is 0 Å². The summed E-state index contributed by atoms with van der Waals surface area (Å²) >= 11 is 15.5. The van der Waals surface area contributed by atoms with Crippen LogP contribution in [0.25, 0.3) is 0 Å². The summed E-state index contributed by atoms with van der Waals surface area (Å²) in [5, 5.41) is 3.76. The Labute approximate surface area is 190 Å². The van der Waals surface area contributed by atoms with Gasteiger partial charge in [-0.05, 0) is 48.2 Å². The maximum absolute atomic E-state index is 13.1. The van der Waals surface area contributed by atoms with Crippen molar-refractivity contribution in [1.29, 1.82) is 0 Å². The van der Waals surface area contributed by atoms with Crippen LogP contribution >= 0.6 is 39.1 Å². The molecule has 2 rings (SSSR count). The Bertz CT molecular complexity index is 856. The van der Waals surface area contributed by atoms with Gasteiger partial charge in [-0.1, -0.05) is 71.2 Å². The van der Waals surface area contributed by atoms with Crippen molar-refractivity contribution in [3.63, 3.8) is 0 Å². The standard InChI is InChI=1S/C22H25BrCl2N2O2/c1-14(2)12-26-22(29)15(3)27(13-16-4-7-18(23)8-5-16)21(28)11-17-6-9-19(24)20(25)10-17/h4-10,14-15H,11-13H2,1-3H3,(H,26,29). The molecule has 0 saturated carbocycles. The summed E-state index contributed by atoms with van der Waals surface area (Å²) in [6, 6.07) is 12.2. The highest BCUT2D eigenvalue weighted by Crippen LogP contribution is 2.23. The van der Waals surface area contributed by atoms with Crippen LogP contribution < -0.4 is 5.32 Å². The van der Waals surface area contributed by atoms with Gasteiger partial charge in [0.05, 0.1) is 16.5 Å². The Morgan fingerprint density at radius 2 is 1.62 bits per heavy atom. The Balaban J connectivity index is 2.21. The number of rotatable bonds is 8. The van der Waals surface area contributed by atoms with Gasteiger partial charge in [-0.3, -0.25) is 9.59 Å². The van der Waals surface area contributed by atoms with Crippen LogP contribution in [-0.2, 0) is 22.6 Å².